The van der Waals surface area contributed by atoms with Gasteiger partial charge in [-0.15, -0.1) is 0 Å². The highest BCUT2D eigenvalue weighted by molar-refractivity contribution is 5.99. The Bertz CT molecular complexity index is 1070. The zero-order valence-electron chi connectivity index (χ0n) is 18.5. The van der Waals surface area contributed by atoms with E-state index < -0.39 is 5.97 Å². The summed E-state index contributed by atoms with van der Waals surface area (Å²) in [6, 6.07) is 21.3. The van der Waals surface area contributed by atoms with Crippen molar-refractivity contribution in [2.45, 2.75) is 33.2 Å². The van der Waals surface area contributed by atoms with Crippen LogP contribution >= 0.6 is 0 Å². The van der Waals surface area contributed by atoms with Gasteiger partial charge in [-0.1, -0.05) is 60.7 Å². The van der Waals surface area contributed by atoms with E-state index >= 15 is 0 Å². The van der Waals surface area contributed by atoms with Crippen molar-refractivity contribution in [3.8, 4) is 0 Å². The standard InChI is InChI=1S/C26H28N2O4/c1-19-15-23(20(2)28(19)14-13-21-9-5-3-6-10-21)24(29)18-32-26(31)17-27-25(30)16-22-11-7-4-8-12-22/h3-12,15H,13-14,16-18H2,1-2H3,(H,27,30). The lowest BCUT2D eigenvalue weighted by molar-refractivity contribution is -0.142. The summed E-state index contributed by atoms with van der Waals surface area (Å²) in [5, 5.41) is 2.52. The maximum absolute atomic E-state index is 12.6. The van der Waals surface area contributed by atoms with E-state index in [1.807, 2.05) is 68.4 Å². The third kappa shape index (κ3) is 6.41. The molecule has 0 aliphatic rings. The summed E-state index contributed by atoms with van der Waals surface area (Å²) < 4.78 is 7.18. The smallest absolute Gasteiger partial charge is 0.325 e. The summed E-state index contributed by atoms with van der Waals surface area (Å²) in [6.07, 6.45) is 1.05. The molecule has 0 aliphatic carbocycles. The fourth-order valence-electron chi connectivity index (χ4n) is 3.60. The molecule has 0 spiro atoms. The highest BCUT2D eigenvalue weighted by Gasteiger charge is 2.17. The molecule has 0 radical (unpaired) electrons. The van der Waals surface area contributed by atoms with Crippen molar-refractivity contribution >= 4 is 17.7 Å². The number of amides is 1. The van der Waals surface area contributed by atoms with Crippen molar-refractivity contribution in [3.05, 3.63) is 94.8 Å². The first-order valence-electron chi connectivity index (χ1n) is 10.6. The molecule has 0 atom stereocenters. The fraction of sp³-hybridized carbons (Fsp3) is 0.269. The zero-order valence-corrected chi connectivity index (χ0v) is 18.5. The number of carbonyl (C=O) groups is 3. The first-order chi connectivity index (χ1) is 15.4. The molecule has 1 N–H and O–H groups in total. The molecule has 1 heterocycles. The van der Waals surface area contributed by atoms with Crippen LogP contribution in [0.2, 0.25) is 0 Å². The molecule has 0 unspecified atom stereocenters. The number of esters is 1. The Labute approximate surface area is 188 Å². The number of rotatable bonds is 10. The topological polar surface area (TPSA) is 77.4 Å². The quantitative estimate of drug-likeness (QED) is 0.393. The molecular weight excluding hydrogens is 404 g/mol. The molecular formula is C26H28N2O4. The second-order valence-corrected chi connectivity index (χ2v) is 7.70. The summed E-state index contributed by atoms with van der Waals surface area (Å²) in [4.78, 5) is 36.5. The number of benzene rings is 2. The number of ether oxygens (including phenoxy) is 1. The summed E-state index contributed by atoms with van der Waals surface area (Å²) in [5.41, 5.74) is 4.49. The molecule has 1 aromatic heterocycles. The SMILES string of the molecule is Cc1cc(C(=O)COC(=O)CNC(=O)Cc2ccccc2)c(C)n1CCc1ccccc1. The maximum atomic E-state index is 12.6. The Morgan fingerprint density at radius 2 is 1.53 bits per heavy atom. The van der Waals surface area contributed by atoms with Gasteiger partial charge in [0.15, 0.2) is 6.61 Å². The minimum atomic E-state index is -0.641. The number of nitrogens with one attached hydrogen (secondary N) is 1. The average Bonchev–Trinajstić information content (AvgIpc) is 3.09. The Balaban J connectivity index is 1.47. The van der Waals surface area contributed by atoms with Gasteiger partial charge in [-0.3, -0.25) is 14.4 Å². The van der Waals surface area contributed by atoms with E-state index in [1.165, 1.54) is 5.56 Å². The second kappa shape index (κ2) is 11.1. The van der Waals surface area contributed by atoms with E-state index in [0.717, 1.165) is 29.9 Å². The predicted molar refractivity (Wildman–Crippen MR) is 122 cm³/mol. The van der Waals surface area contributed by atoms with Crippen molar-refractivity contribution in [1.29, 1.82) is 0 Å². The van der Waals surface area contributed by atoms with Crippen LogP contribution in [0.3, 0.4) is 0 Å². The Morgan fingerprint density at radius 3 is 2.19 bits per heavy atom. The lowest BCUT2D eigenvalue weighted by atomic mass is 10.1. The van der Waals surface area contributed by atoms with E-state index in [0.29, 0.717) is 5.56 Å². The van der Waals surface area contributed by atoms with Crippen molar-refractivity contribution < 1.29 is 19.1 Å². The number of Topliss-reactive ketones (excluding diaryl/α,β-unsaturated/α-hetero) is 1. The molecule has 6 heteroatoms. The largest absolute Gasteiger partial charge is 0.456 e. The van der Waals surface area contributed by atoms with Gasteiger partial charge >= 0.3 is 5.97 Å². The van der Waals surface area contributed by atoms with Crippen LogP contribution in [0.15, 0.2) is 66.7 Å². The summed E-state index contributed by atoms with van der Waals surface area (Å²) in [7, 11) is 0. The van der Waals surface area contributed by atoms with Crippen LogP contribution < -0.4 is 5.32 Å². The minimum Gasteiger partial charge on any atom is -0.456 e. The Morgan fingerprint density at radius 1 is 0.906 bits per heavy atom. The molecule has 32 heavy (non-hydrogen) atoms. The molecule has 6 nitrogen and oxygen atoms in total. The molecule has 0 fully saturated rings. The van der Waals surface area contributed by atoms with E-state index in [2.05, 4.69) is 22.0 Å². The number of carbonyl (C=O) groups excluding carboxylic acids is 3. The third-order valence-electron chi connectivity index (χ3n) is 5.34. The van der Waals surface area contributed by atoms with Gasteiger partial charge in [0.25, 0.3) is 0 Å². The van der Waals surface area contributed by atoms with Crippen LogP contribution in [0, 0.1) is 13.8 Å². The van der Waals surface area contributed by atoms with Crippen LogP contribution in [-0.2, 0) is 33.7 Å². The lowest BCUT2D eigenvalue weighted by Gasteiger charge is -2.10. The van der Waals surface area contributed by atoms with Crippen LogP contribution in [-0.4, -0.2) is 35.4 Å². The Hall–Kier alpha value is -3.67. The van der Waals surface area contributed by atoms with Crippen LogP contribution in [0.25, 0.3) is 0 Å². The molecule has 166 valence electrons. The minimum absolute atomic E-state index is 0.183. The predicted octanol–water partition coefficient (Wildman–Crippen LogP) is 3.43. The molecule has 0 aliphatic heterocycles. The molecule has 0 saturated carbocycles. The monoisotopic (exact) mass is 432 g/mol. The summed E-state index contributed by atoms with van der Waals surface area (Å²) in [6.45, 7) is 4.01. The average molecular weight is 433 g/mol. The Kier molecular flexibility index (Phi) is 7.97. The summed E-state index contributed by atoms with van der Waals surface area (Å²) >= 11 is 0. The number of hydrogen-bond donors (Lipinski definition) is 1. The molecule has 3 rings (SSSR count). The molecule has 0 saturated heterocycles. The molecule has 2 aromatic carbocycles. The van der Waals surface area contributed by atoms with Gasteiger partial charge in [0.1, 0.15) is 6.54 Å². The fourth-order valence-corrected chi connectivity index (χ4v) is 3.60. The van der Waals surface area contributed by atoms with Crippen LogP contribution in [0.5, 0.6) is 0 Å². The number of ketones is 1. The van der Waals surface area contributed by atoms with E-state index in [4.69, 9.17) is 4.74 Å². The van der Waals surface area contributed by atoms with Crippen molar-refractivity contribution in [2.75, 3.05) is 13.2 Å². The number of hydrogen-bond acceptors (Lipinski definition) is 4. The highest BCUT2D eigenvalue weighted by Crippen LogP contribution is 2.17. The van der Waals surface area contributed by atoms with E-state index in [1.54, 1.807) is 0 Å². The summed E-state index contributed by atoms with van der Waals surface area (Å²) in [5.74, 6) is -1.17. The van der Waals surface area contributed by atoms with Gasteiger partial charge in [-0.05, 0) is 37.5 Å². The molecule has 0 bridgehead atoms. The van der Waals surface area contributed by atoms with Gasteiger partial charge in [-0.25, -0.2) is 0 Å². The number of aryl methyl sites for hydroxylation is 2. The van der Waals surface area contributed by atoms with Crippen molar-refractivity contribution in [3.63, 3.8) is 0 Å². The van der Waals surface area contributed by atoms with Crippen molar-refractivity contribution in [1.82, 2.24) is 9.88 Å². The van der Waals surface area contributed by atoms with Gasteiger partial charge in [0.2, 0.25) is 11.7 Å². The molecule has 3 aromatic rings. The van der Waals surface area contributed by atoms with E-state index in [-0.39, 0.29) is 31.3 Å². The highest BCUT2D eigenvalue weighted by atomic mass is 16.5. The first kappa shape index (κ1) is 23.0. The third-order valence-corrected chi connectivity index (χ3v) is 5.34. The number of nitrogens with zero attached hydrogens (tertiary/aromatic N) is 1. The van der Waals surface area contributed by atoms with Gasteiger partial charge in [0, 0.05) is 23.5 Å². The zero-order chi connectivity index (χ0) is 22.9. The first-order valence-corrected chi connectivity index (χ1v) is 10.6. The maximum Gasteiger partial charge on any atom is 0.325 e. The van der Waals surface area contributed by atoms with Gasteiger partial charge in [0.05, 0.1) is 6.42 Å². The van der Waals surface area contributed by atoms with Crippen LogP contribution in [0.4, 0.5) is 0 Å². The van der Waals surface area contributed by atoms with Gasteiger partial charge < -0.3 is 14.6 Å². The van der Waals surface area contributed by atoms with Crippen LogP contribution in [0.1, 0.15) is 32.9 Å². The van der Waals surface area contributed by atoms with E-state index in [9.17, 15) is 14.4 Å². The normalized spacial score (nSPS) is 10.6. The van der Waals surface area contributed by atoms with Crippen molar-refractivity contribution in [2.24, 2.45) is 0 Å². The van der Waals surface area contributed by atoms with Gasteiger partial charge in [-0.2, -0.15) is 0 Å². The second-order valence-electron chi connectivity index (χ2n) is 7.70. The molecule has 1 amide bonds. The number of aromatic nitrogens is 1. The lowest BCUT2D eigenvalue weighted by Crippen LogP contribution is -2.32.